The van der Waals surface area contributed by atoms with Gasteiger partial charge >= 0.3 is 0 Å². The van der Waals surface area contributed by atoms with Crippen LogP contribution in [0.4, 0.5) is 10.1 Å². The van der Waals surface area contributed by atoms with Gasteiger partial charge in [0.05, 0.1) is 24.0 Å². The van der Waals surface area contributed by atoms with E-state index in [1.54, 1.807) is 23.9 Å². The van der Waals surface area contributed by atoms with Gasteiger partial charge < -0.3 is 14.6 Å². The summed E-state index contributed by atoms with van der Waals surface area (Å²) in [7, 11) is 0. The predicted octanol–water partition coefficient (Wildman–Crippen LogP) is 5.16. The van der Waals surface area contributed by atoms with Crippen LogP contribution in [0.3, 0.4) is 0 Å². The lowest BCUT2D eigenvalue weighted by atomic mass is 10.2. The number of halogens is 2. The molecular weight excluding hydrogens is 435 g/mol. The monoisotopic (exact) mass is 454 g/mol. The van der Waals surface area contributed by atoms with Crippen LogP contribution in [-0.4, -0.2) is 20.8 Å². The quantitative estimate of drug-likeness (QED) is 0.417. The van der Waals surface area contributed by atoms with Crippen LogP contribution < -0.4 is 10.1 Å². The van der Waals surface area contributed by atoms with Gasteiger partial charge in [-0.25, -0.2) is 4.39 Å². The number of hydrogen-bond donors (Lipinski definition) is 1. The number of nitrogens with one attached hydrogen (secondary N) is 1. The van der Waals surface area contributed by atoms with E-state index in [0.29, 0.717) is 34.1 Å². The van der Waals surface area contributed by atoms with Crippen molar-refractivity contribution in [3.63, 3.8) is 0 Å². The molecule has 1 N–H and O–H groups in total. The zero-order chi connectivity index (χ0) is 22.7. The van der Waals surface area contributed by atoms with Gasteiger partial charge in [0.2, 0.25) is 0 Å². The highest BCUT2D eigenvalue weighted by atomic mass is 35.5. The largest absolute Gasteiger partial charge is 0.488 e. The molecule has 1 amide bonds. The van der Waals surface area contributed by atoms with Crippen LogP contribution in [-0.2, 0) is 13.2 Å². The first kappa shape index (κ1) is 21.6. The number of aromatic nitrogens is 3. The molecule has 4 rings (SSSR count). The number of hydrogen-bond acceptors (Lipinski definition) is 5. The van der Waals surface area contributed by atoms with E-state index in [1.807, 2.05) is 31.2 Å². The number of rotatable bonds is 7. The van der Waals surface area contributed by atoms with Crippen molar-refractivity contribution in [3.05, 3.63) is 93.8 Å². The van der Waals surface area contributed by atoms with Crippen LogP contribution in [0.5, 0.6) is 5.75 Å². The number of amides is 1. The fraction of sp³-hybridized carbons (Fsp3) is 0.174. The van der Waals surface area contributed by atoms with Crippen LogP contribution in [0.2, 0.25) is 5.02 Å². The van der Waals surface area contributed by atoms with Gasteiger partial charge in [-0.3, -0.25) is 9.48 Å². The molecular formula is C23H20ClFN4O3. The van der Waals surface area contributed by atoms with Crippen molar-refractivity contribution in [2.45, 2.75) is 27.0 Å². The molecule has 9 heteroatoms. The van der Waals surface area contributed by atoms with Gasteiger partial charge in [0.15, 0.2) is 5.69 Å². The number of nitrogens with zero attached hydrogens (tertiary/aromatic N) is 3. The SMILES string of the molecule is Cc1ccccc1OCc1c(C(=O)Nc2cnn(Cc3ccc(F)cc3Cl)c2)noc1C. The lowest BCUT2D eigenvalue weighted by Gasteiger charge is -2.09. The molecule has 0 saturated heterocycles. The number of aryl methyl sites for hydroxylation is 2. The van der Waals surface area contributed by atoms with Crippen LogP contribution >= 0.6 is 11.6 Å². The molecule has 0 radical (unpaired) electrons. The van der Waals surface area contributed by atoms with Crippen molar-refractivity contribution in [1.82, 2.24) is 14.9 Å². The summed E-state index contributed by atoms with van der Waals surface area (Å²) < 4.78 is 25.9. The summed E-state index contributed by atoms with van der Waals surface area (Å²) in [5.74, 6) is 0.382. The molecule has 0 unspecified atom stereocenters. The molecule has 2 aromatic heterocycles. The van der Waals surface area contributed by atoms with E-state index in [2.05, 4.69) is 15.6 Å². The smallest absolute Gasteiger partial charge is 0.278 e. The Labute approximate surface area is 188 Å². The van der Waals surface area contributed by atoms with Crippen molar-refractivity contribution in [3.8, 4) is 5.75 Å². The van der Waals surface area contributed by atoms with Crippen molar-refractivity contribution in [1.29, 1.82) is 0 Å². The van der Waals surface area contributed by atoms with Gasteiger partial charge in [0.25, 0.3) is 5.91 Å². The maximum Gasteiger partial charge on any atom is 0.278 e. The zero-order valence-corrected chi connectivity index (χ0v) is 18.2. The van der Waals surface area contributed by atoms with Crippen molar-refractivity contribution >= 4 is 23.2 Å². The van der Waals surface area contributed by atoms with Crippen LogP contribution in [0.1, 0.15) is 32.9 Å². The Bertz CT molecular complexity index is 1270. The van der Waals surface area contributed by atoms with E-state index >= 15 is 0 Å². The molecule has 4 aromatic rings. The highest BCUT2D eigenvalue weighted by molar-refractivity contribution is 6.31. The highest BCUT2D eigenvalue weighted by Gasteiger charge is 2.21. The van der Waals surface area contributed by atoms with E-state index in [4.69, 9.17) is 20.9 Å². The molecule has 2 heterocycles. The molecule has 0 atom stereocenters. The van der Waals surface area contributed by atoms with E-state index in [0.717, 1.165) is 11.3 Å². The standard InChI is InChI=1S/C23H20ClFN4O3/c1-14-5-3-4-6-21(14)31-13-19-15(2)32-28-22(19)23(30)27-18-10-26-29(12-18)11-16-7-8-17(25)9-20(16)24/h3-10,12H,11,13H2,1-2H3,(H,27,30). The molecule has 164 valence electrons. The Morgan fingerprint density at radius 2 is 2.06 bits per heavy atom. The van der Waals surface area contributed by atoms with Gasteiger partial charge in [0, 0.05) is 11.2 Å². The zero-order valence-electron chi connectivity index (χ0n) is 17.4. The fourth-order valence-corrected chi connectivity index (χ4v) is 3.36. The van der Waals surface area contributed by atoms with Crippen molar-refractivity contribution in [2.24, 2.45) is 0 Å². The van der Waals surface area contributed by atoms with Crippen molar-refractivity contribution < 1.29 is 18.4 Å². The molecule has 0 spiro atoms. The average Bonchev–Trinajstić information content (AvgIpc) is 3.35. The summed E-state index contributed by atoms with van der Waals surface area (Å²) in [5, 5.41) is 11.2. The maximum absolute atomic E-state index is 13.2. The first-order valence-corrected chi connectivity index (χ1v) is 10.2. The third-order valence-electron chi connectivity index (χ3n) is 4.90. The number of carbonyl (C=O) groups excluding carboxylic acids is 1. The molecule has 32 heavy (non-hydrogen) atoms. The summed E-state index contributed by atoms with van der Waals surface area (Å²) in [6, 6.07) is 11.8. The summed E-state index contributed by atoms with van der Waals surface area (Å²) in [5.41, 5.74) is 2.87. The summed E-state index contributed by atoms with van der Waals surface area (Å²) in [6.45, 7) is 4.14. The molecule has 2 aromatic carbocycles. The van der Waals surface area contributed by atoms with Crippen LogP contribution in [0, 0.1) is 19.7 Å². The second kappa shape index (κ2) is 9.23. The summed E-state index contributed by atoms with van der Waals surface area (Å²) in [6.07, 6.45) is 3.15. The number of anilines is 1. The second-order valence-corrected chi connectivity index (χ2v) is 7.64. The van der Waals surface area contributed by atoms with Crippen molar-refractivity contribution in [2.75, 3.05) is 5.32 Å². The summed E-state index contributed by atoms with van der Waals surface area (Å²) >= 11 is 6.07. The molecule has 0 aliphatic rings. The highest BCUT2D eigenvalue weighted by Crippen LogP contribution is 2.22. The average molecular weight is 455 g/mol. The molecule has 0 aliphatic heterocycles. The normalized spacial score (nSPS) is 10.9. The minimum atomic E-state index is -0.440. The Hall–Kier alpha value is -3.65. The van der Waals surface area contributed by atoms with Gasteiger partial charge in [0.1, 0.15) is 23.9 Å². The van der Waals surface area contributed by atoms with E-state index < -0.39 is 11.7 Å². The Morgan fingerprint density at radius 3 is 2.84 bits per heavy atom. The van der Waals surface area contributed by atoms with E-state index in [-0.39, 0.29) is 12.3 Å². The molecule has 0 fully saturated rings. The lowest BCUT2D eigenvalue weighted by Crippen LogP contribution is -2.15. The van der Waals surface area contributed by atoms with Crippen LogP contribution in [0.25, 0.3) is 0 Å². The number of benzene rings is 2. The minimum absolute atomic E-state index is 0.144. The first-order valence-electron chi connectivity index (χ1n) is 9.82. The molecule has 0 aliphatic carbocycles. The van der Waals surface area contributed by atoms with Gasteiger partial charge in [-0.1, -0.05) is 41.0 Å². The van der Waals surface area contributed by atoms with Crippen LogP contribution in [0.15, 0.2) is 59.4 Å². The Morgan fingerprint density at radius 1 is 1.25 bits per heavy atom. The van der Waals surface area contributed by atoms with E-state index in [1.165, 1.54) is 18.3 Å². The first-order chi connectivity index (χ1) is 15.4. The predicted molar refractivity (Wildman–Crippen MR) is 117 cm³/mol. The molecule has 0 bridgehead atoms. The number of para-hydroxylation sites is 1. The van der Waals surface area contributed by atoms with Gasteiger partial charge in [-0.2, -0.15) is 5.10 Å². The number of ether oxygens (including phenoxy) is 1. The Kier molecular flexibility index (Phi) is 6.23. The third kappa shape index (κ3) is 4.81. The Balaban J connectivity index is 1.44. The minimum Gasteiger partial charge on any atom is -0.488 e. The molecule has 7 nitrogen and oxygen atoms in total. The fourth-order valence-electron chi connectivity index (χ4n) is 3.14. The van der Waals surface area contributed by atoms with Gasteiger partial charge in [-0.15, -0.1) is 0 Å². The van der Waals surface area contributed by atoms with Gasteiger partial charge in [-0.05, 0) is 43.2 Å². The van der Waals surface area contributed by atoms with E-state index in [9.17, 15) is 9.18 Å². The molecule has 0 saturated carbocycles. The lowest BCUT2D eigenvalue weighted by molar-refractivity contribution is 0.101. The maximum atomic E-state index is 13.2. The third-order valence-corrected chi connectivity index (χ3v) is 5.26. The second-order valence-electron chi connectivity index (χ2n) is 7.24. The summed E-state index contributed by atoms with van der Waals surface area (Å²) in [4.78, 5) is 12.8. The topological polar surface area (TPSA) is 82.2 Å². The number of carbonyl (C=O) groups is 1.